The van der Waals surface area contributed by atoms with Crippen LogP contribution in [0.5, 0.6) is 0 Å². The lowest BCUT2D eigenvalue weighted by atomic mass is 9.90. The number of rotatable bonds is 19. The molecule has 2 atom stereocenters. The van der Waals surface area contributed by atoms with Gasteiger partial charge in [-0.3, -0.25) is 0 Å². The number of unbranched alkanes of at least 4 members (excludes halogenated alkanes) is 10. The van der Waals surface area contributed by atoms with Crippen LogP contribution < -0.4 is 0 Å². The molecule has 240 valence electrons. The first-order chi connectivity index (χ1) is 20.5. The molecule has 0 amide bonds. The van der Waals surface area contributed by atoms with E-state index in [1.54, 1.807) is 14.0 Å². The van der Waals surface area contributed by atoms with Crippen LogP contribution in [-0.4, -0.2) is 34.1 Å². The largest absolute Gasteiger partial charge is 0.447 e. The van der Waals surface area contributed by atoms with Crippen LogP contribution in [0.15, 0.2) is 42.5 Å². The number of hydrogen-bond acceptors (Lipinski definition) is 4. The third-order valence-corrected chi connectivity index (χ3v) is 13.7. The molecule has 4 nitrogen and oxygen atoms in total. The summed E-state index contributed by atoms with van der Waals surface area (Å²) < 4.78 is 18.2. The molecule has 0 unspecified atom stereocenters. The minimum Gasteiger partial charge on any atom is -0.447 e. The average Bonchev–Trinajstić information content (AvgIpc) is 2.98. The van der Waals surface area contributed by atoms with Gasteiger partial charge in [0.2, 0.25) is 0 Å². The number of fused-ring (bicyclic) bond motifs is 1. The van der Waals surface area contributed by atoms with Gasteiger partial charge in [0.15, 0.2) is 20.0 Å². The molecule has 0 N–H and O–H groups in total. The Labute approximate surface area is 264 Å². The Morgan fingerprint density at radius 3 is 2.07 bits per heavy atom. The molecule has 0 heterocycles. The highest BCUT2D eigenvalue weighted by molar-refractivity contribution is 6.74. The quantitative estimate of drug-likeness (QED) is 0.0689. The summed E-state index contributed by atoms with van der Waals surface area (Å²) in [6, 6.07) is 14.0. The lowest BCUT2D eigenvalue weighted by molar-refractivity contribution is -0.171. The SMILES string of the molecule is CCCCC#C[C@@H](CCCCCCCCCCCO[Si](C)(C)C(C)(C)C)OC(=O)[C@](C)(OC)c1cccc2ccccc12. The van der Waals surface area contributed by atoms with E-state index in [0.29, 0.717) is 0 Å². The van der Waals surface area contributed by atoms with Gasteiger partial charge in [-0.05, 0) is 61.5 Å². The lowest BCUT2D eigenvalue weighted by Crippen LogP contribution is -2.40. The maximum Gasteiger partial charge on any atom is 0.344 e. The third kappa shape index (κ3) is 12.1. The molecule has 0 fully saturated rings. The summed E-state index contributed by atoms with van der Waals surface area (Å²) in [4.78, 5) is 13.6. The zero-order valence-electron chi connectivity index (χ0n) is 28.7. The molecule has 43 heavy (non-hydrogen) atoms. The van der Waals surface area contributed by atoms with Crippen LogP contribution in [0.25, 0.3) is 10.8 Å². The Morgan fingerprint density at radius 1 is 0.837 bits per heavy atom. The molecular weight excluding hydrogens is 549 g/mol. The first-order valence-electron chi connectivity index (χ1n) is 16.8. The summed E-state index contributed by atoms with van der Waals surface area (Å²) in [5, 5.41) is 2.36. The Morgan fingerprint density at radius 2 is 1.44 bits per heavy atom. The van der Waals surface area contributed by atoms with Crippen LogP contribution in [0.2, 0.25) is 18.1 Å². The molecule has 0 spiro atoms. The van der Waals surface area contributed by atoms with Crippen molar-refractivity contribution >= 4 is 25.1 Å². The van der Waals surface area contributed by atoms with E-state index in [1.807, 2.05) is 42.5 Å². The van der Waals surface area contributed by atoms with Crippen molar-refractivity contribution in [3.05, 3.63) is 48.0 Å². The van der Waals surface area contributed by atoms with Crippen LogP contribution >= 0.6 is 0 Å². The summed E-state index contributed by atoms with van der Waals surface area (Å²) in [5.74, 6) is 6.15. The monoisotopic (exact) mass is 608 g/mol. The molecule has 0 bridgehead atoms. The third-order valence-electron chi connectivity index (χ3n) is 9.15. The highest BCUT2D eigenvalue weighted by atomic mass is 28.4. The van der Waals surface area contributed by atoms with Crippen molar-refractivity contribution in [1.29, 1.82) is 0 Å². The normalized spacial score (nSPS) is 14.1. The first-order valence-corrected chi connectivity index (χ1v) is 19.7. The summed E-state index contributed by atoms with van der Waals surface area (Å²) in [6.45, 7) is 16.5. The predicted molar refractivity (Wildman–Crippen MR) is 185 cm³/mol. The van der Waals surface area contributed by atoms with Gasteiger partial charge in [0, 0.05) is 25.7 Å². The summed E-state index contributed by atoms with van der Waals surface area (Å²) in [5.41, 5.74) is -0.389. The molecule has 0 saturated heterocycles. The fourth-order valence-corrected chi connectivity index (χ4v) is 6.10. The van der Waals surface area contributed by atoms with Gasteiger partial charge in [-0.1, -0.05) is 133 Å². The van der Waals surface area contributed by atoms with E-state index in [0.717, 1.165) is 61.5 Å². The zero-order valence-corrected chi connectivity index (χ0v) is 29.7. The van der Waals surface area contributed by atoms with Gasteiger partial charge in [0.05, 0.1) is 0 Å². The molecule has 0 aliphatic carbocycles. The topological polar surface area (TPSA) is 44.8 Å². The smallest absolute Gasteiger partial charge is 0.344 e. The van der Waals surface area contributed by atoms with Gasteiger partial charge in [-0.25, -0.2) is 4.79 Å². The van der Waals surface area contributed by atoms with Gasteiger partial charge in [0.25, 0.3) is 0 Å². The number of benzene rings is 2. The second-order valence-electron chi connectivity index (χ2n) is 13.7. The highest BCUT2D eigenvalue weighted by Gasteiger charge is 2.39. The Bertz CT molecular complexity index is 1150. The Kier molecular flexibility index (Phi) is 16.0. The summed E-state index contributed by atoms with van der Waals surface area (Å²) in [6.07, 6.45) is 14.3. The van der Waals surface area contributed by atoms with Crippen LogP contribution in [0.4, 0.5) is 0 Å². The highest BCUT2D eigenvalue weighted by Crippen LogP contribution is 2.37. The van der Waals surface area contributed by atoms with Crippen LogP contribution in [0, 0.1) is 11.8 Å². The van der Waals surface area contributed by atoms with Gasteiger partial charge < -0.3 is 13.9 Å². The van der Waals surface area contributed by atoms with Crippen molar-refractivity contribution in [2.75, 3.05) is 13.7 Å². The molecule has 0 aromatic heterocycles. The lowest BCUT2D eigenvalue weighted by Gasteiger charge is -2.36. The van der Waals surface area contributed by atoms with E-state index in [4.69, 9.17) is 13.9 Å². The number of ether oxygens (including phenoxy) is 2. The van der Waals surface area contributed by atoms with Crippen molar-refractivity contribution in [3.8, 4) is 11.8 Å². The fraction of sp³-hybridized carbons (Fsp3) is 0.658. The number of carbonyl (C=O) groups excluding carboxylic acids is 1. The fourth-order valence-electron chi connectivity index (χ4n) is 5.01. The van der Waals surface area contributed by atoms with E-state index in [9.17, 15) is 4.79 Å². The molecular formula is C38H60O4Si. The second-order valence-corrected chi connectivity index (χ2v) is 18.5. The van der Waals surface area contributed by atoms with Gasteiger partial charge in [0.1, 0.15) is 0 Å². The second kappa shape index (κ2) is 18.6. The maximum atomic E-state index is 13.6. The van der Waals surface area contributed by atoms with E-state index in [2.05, 4.69) is 52.6 Å². The first kappa shape index (κ1) is 37.1. The minimum atomic E-state index is -1.61. The summed E-state index contributed by atoms with van der Waals surface area (Å²) >= 11 is 0. The predicted octanol–water partition coefficient (Wildman–Crippen LogP) is 10.7. The van der Waals surface area contributed by atoms with Crippen molar-refractivity contribution in [2.24, 2.45) is 0 Å². The summed E-state index contributed by atoms with van der Waals surface area (Å²) in [7, 11) is -0.0301. The minimum absolute atomic E-state index is 0.290. The van der Waals surface area contributed by atoms with Crippen LogP contribution in [-0.2, 0) is 24.3 Å². The Hall–Kier alpha value is -2.13. The molecule has 2 aromatic carbocycles. The number of carbonyl (C=O) groups is 1. The van der Waals surface area contributed by atoms with E-state index in [-0.39, 0.29) is 11.0 Å². The van der Waals surface area contributed by atoms with Gasteiger partial charge in [-0.2, -0.15) is 0 Å². The number of hydrogen-bond donors (Lipinski definition) is 0. The van der Waals surface area contributed by atoms with Crippen molar-refractivity contribution in [3.63, 3.8) is 0 Å². The van der Waals surface area contributed by atoms with E-state index in [1.165, 1.54) is 44.9 Å². The molecule has 2 rings (SSSR count). The van der Waals surface area contributed by atoms with Crippen molar-refractivity contribution in [2.45, 2.75) is 148 Å². The van der Waals surface area contributed by atoms with E-state index < -0.39 is 20.0 Å². The molecule has 5 heteroatoms. The molecule has 2 aromatic rings. The van der Waals surface area contributed by atoms with Crippen LogP contribution in [0.3, 0.4) is 0 Å². The molecule has 0 saturated carbocycles. The van der Waals surface area contributed by atoms with Crippen molar-refractivity contribution < 1.29 is 18.7 Å². The maximum absolute atomic E-state index is 13.6. The number of esters is 1. The average molecular weight is 609 g/mol. The molecule has 0 aliphatic heterocycles. The van der Waals surface area contributed by atoms with Crippen molar-refractivity contribution in [1.82, 2.24) is 0 Å². The van der Waals surface area contributed by atoms with Gasteiger partial charge >= 0.3 is 5.97 Å². The van der Waals surface area contributed by atoms with E-state index >= 15 is 0 Å². The standard InChI is InChI=1S/C38H60O4Si/c1-9-10-11-19-27-33(28-20-17-15-13-12-14-16-18-23-31-41-43(7,8)37(2,3)4)42-36(39)38(5,40-6)35-30-24-26-32-25-21-22-29-34(32)35/h21-22,24-26,29-30,33H,9-18,20,23,28,31H2,1-8H3/t33-,38+/m0/s1. The zero-order chi connectivity index (χ0) is 31.8. The number of methoxy groups -OCH3 is 1. The molecule has 0 aliphatic rings. The van der Waals surface area contributed by atoms with Gasteiger partial charge in [-0.15, -0.1) is 0 Å². The van der Waals surface area contributed by atoms with Crippen LogP contribution in [0.1, 0.15) is 124 Å². The Balaban J connectivity index is 1.79. The molecule has 0 radical (unpaired) electrons.